The first kappa shape index (κ1) is 35.1. The Hall–Kier alpha value is -6.93. The third-order valence-corrected chi connectivity index (χ3v) is 14.3. The molecule has 0 unspecified atom stereocenters. The van der Waals surface area contributed by atoms with E-state index in [2.05, 4.69) is 218 Å². The zero-order valence-electron chi connectivity index (χ0n) is 33.1. The second kappa shape index (κ2) is 14.1. The molecule has 12 rings (SSSR count). The van der Waals surface area contributed by atoms with Crippen LogP contribution in [-0.2, 0) is 18.3 Å². The molecule has 1 aliphatic rings. The summed E-state index contributed by atoms with van der Waals surface area (Å²) in [5.74, 6) is 0. The van der Waals surface area contributed by atoms with Crippen molar-refractivity contribution >= 4 is 65.6 Å². The first-order chi connectivity index (χ1) is 29.7. The minimum absolute atomic E-state index is 0.407. The van der Waals surface area contributed by atoms with E-state index in [4.69, 9.17) is 0 Å². The van der Waals surface area contributed by atoms with Crippen molar-refractivity contribution in [1.82, 2.24) is 0 Å². The highest BCUT2D eigenvalue weighted by atomic mass is 32.2. The fourth-order valence-electron chi connectivity index (χ4n) is 10.5. The van der Waals surface area contributed by atoms with Crippen molar-refractivity contribution in [1.29, 1.82) is 0 Å². The molecule has 1 heterocycles. The average Bonchev–Trinajstić information content (AvgIpc) is 3.32. The molecule has 0 bridgehead atoms. The molecule has 0 fully saturated rings. The Bertz CT molecular complexity index is 3310. The maximum absolute atomic E-state index is 2.41. The van der Waals surface area contributed by atoms with Crippen molar-refractivity contribution in [2.24, 2.45) is 0 Å². The lowest BCUT2D eigenvalue weighted by Crippen LogP contribution is -2.37. The summed E-state index contributed by atoms with van der Waals surface area (Å²) < 4.78 is 0. The van der Waals surface area contributed by atoms with E-state index in [0.717, 1.165) is 12.8 Å². The molecule has 0 N–H and O–H groups in total. The third-order valence-electron chi connectivity index (χ3n) is 13.1. The van der Waals surface area contributed by atoms with E-state index >= 15 is 0 Å². The molecule has 0 radical (unpaired) electrons. The van der Waals surface area contributed by atoms with Crippen molar-refractivity contribution in [2.75, 3.05) is 0 Å². The zero-order valence-corrected chi connectivity index (χ0v) is 33.9. The summed E-state index contributed by atoms with van der Waals surface area (Å²) in [5, 5.41) is 13.2. The number of hydrogen-bond acceptors (Lipinski definition) is 1. The van der Waals surface area contributed by atoms with Crippen LogP contribution in [0.5, 0.6) is 0 Å². The first-order valence-corrected chi connectivity index (χ1v) is 21.8. The molecule has 0 amide bonds. The Labute approximate surface area is 354 Å². The predicted octanol–water partition coefficient (Wildman–Crippen LogP) is 16.0. The summed E-state index contributed by atoms with van der Waals surface area (Å²) in [7, 11) is 0. The maximum Gasteiger partial charge on any atom is 0.0318 e. The Morgan fingerprint density at radius 2 is 0.600 bits per heavy atom. The van der Waals surface area contributed by atoms with Gasteiger partial charge in [0.2, 0.25) is 0 Å². The summed E-state index contributed by atoms with van der Waals surface area (Å²) in [6, 6.07) is 81.6. The monoisotopic (exact) mass is 780 g/mol. The fourth-order valence-corrected chi connectivity index (χ4v) is 12.1. The number of rotatable bonds is 6. The molecule has 0 nitrogen and oxygen atoms in total. The second-order valence-electron chi connectivity index (χ2n) is 16.4. The maximum atomic E-state index is 2.41. The van der Waals surface area contributed by atoms with Crippen LogP contribution in [0, 0.1) is 0 Å². The molecule has 1 heteroatoms. The topological polar surface area (TPSA) is 0 Å². The molecule has 0 spiro atoms. The largest absolute Gasteiger partial charge is 0.0881 e. The van der Waals surface area contributed by atoms with Crippen LogP contribution in [0.4, 0.5) is 0 Å². The standard InChI is InChI=1S/C59H40S/c1-3-17-39(18-4-1)37-59(38-40-31-33-42(34-32-40)44-36-35-43(41-19-5-2-6-20-41)45-21-7-8-22-46(44)45)55-51-27-13-9-23-47(51)49-25-11-15-29-53(49)57(55)60-58-54-30-16-12-26-50(54)48-24-10-14-28-52(48)56(58)59/h1-36H,37-38H2. The molecule has 282 valence electrons. The Kier molecular flexibility index (Phi) is 8.25. The van der Waals surface area contributed by atoms with Crippen molar-refractivity contribution in [3.05, 3.63) is 241 Å². The summed E-state index contributed by atoms with van der Waals surface area (Å²) in [6.45, 7) is 0. The highest BCUT2D eigenvalue weighted by Gasteiger charge is 2.45. The summed E-state index contributed by atoms with van der Waals surface area (Å²) in [6.07, 6.45) is 1.72. The average molecular weight is 781 g/mol. The van der Waals surface area contributed by atoms with E-state index in [1.165, 1.54) is 108 Å². The molecular formula is C59H40S. The molecule has 0 aliphatic carbocycles. The zero-order chi connectivity index (χ0) is 39.6. The second-order valence-corrected chi connectivity index (χ2v) is 17.4. The summed E-state index contributed by atoms with van der Waals surface area (Å²) >= 11 is 1.99. The van der Waals surface area contributed by atoms with Crippen LogP contribution in [0.3, 0.4) is 0 Å². The van der Waals surface area contributed by atoms with Crippen LogP contribution in [0.15, 0.2) is 228 Å². The Morgan fingerprint density at radius 3 is 1.07 bits per heavy atom. The summed E-state index contributed by atoms with van der Waals surface area (Å²) in [4.78, 5) is 2.77. The molecule has 0 atom stereocenters. The Morgan fingerprint density at radius 1 is 0.267 bits per heavy atom. The van der Waals surface area contributed by atoms with Gasteiger partial charge in [0.15, 0.2) is 0 Å². The van der Waals surface area contributed by atoms with Gasteiger partial charge in [0, 0.05) is 15.2 Å². The van der Waals surface area contributed by atoms with Gasteiger partial charge in [-0.05, 0) is 111 Å². The molecule has 11 aromatic rings. The first-order valence-electron chi connectivity index (χ1n) is 21.0. The van der Waals surface area contributed by atoms with Crippen LogP contribution in [0.25, 0.3) is 76.1 Å². The van der Waals surface area contributed by atoms with Gasteiger partial charge in [0.25, 0.3) is 0 Å². The third kappa shape index (κ3) is 5.46. The van der Waals surface area contributed by atoms with Crippen molar-refractivity contribution < 1.29 is 0 Å². The van der Waals surface area contributed by atoms with Gasteiger partial charge in [-0.15, -0.1) is 0 Å². The van der Waals surface area contributed by atoms with Crippen LogP contribution in [0.2, 0.25) is 0 Å². The number of hydrogen-bond donors (Lipinski definition) is 0. The highest BCUT2D eigenvalue weighted by Crippen LogP contribution is 2.60. The molecular weight excluding hydrogens is 741 g/mol. The number of fused-ring (bicyclic) bond motifs is 13. The SMILES string of the molecule is c1ccc(CC2(Cc3ccc(-c4ccc(-c5ccccc5)c5ccccc45)cc3)c3c(c4ccccc4c4ccccc34)Sc3c2c2ccccc2c2ccccc32)cc1. The minimum Gasteiger partial charge on any atom is -0.0881 e. The van der Waals surface area contributed by atoms with E-state index in [-0.39, 0.29) is 0 Å². The van der Waals surface area contributed by atoms with Crippen molar-refractivity contribution in [3.63, 3.8) is 0 Å². The van der Waals surface area contributed by atoms with Gasteiger partial charge in [0.1, 0.15) is 0 Å². The van der Waals surface area contributed by atoms with Gasteiger partial charge >= 0.3 is 0 Å². The molecule has 1 aliphatic heterocycles. The quantitative estimate of drug-likeness (QED) is 0.151. The van der Waals surface area contributed by atoms with Crippen molar-refractivity contribution in [2.45, 2.75) is 28.0 Å². The lowest BCUT2D eigenvalue weighted by atomic mass is 9.63. The lowest BCUT2D eigenvalue weighted by molar-refractivity contribution is 0.496. The molecule has 0 saturated heterocycles. The van der Waals surface area contributed by atoms with E-state index in [0.29, 0.717) is 0 Å². The molecule has 0 aromatic heterocycles. The number of benzene rings is 11. The molecule has 60 heavy (non-hydrogen) atoms. The highest BCUT2D eigenvalue weighted by molar-refractivity contribution is 8.00. The van der Waals surface area contributed by atoms with Crippen LogP contribution in [-0.4, -0.2) is 0 Å². The van der Waals surface area contributed by atoms with Gasteiger partial charge in [-0.1, -0.05) is 230 Å². The van der Waals surface area contributed by atoms with Gasteiger partial charge in [0.05, 0.1) is 0 Å². The summed E-state index contributed by atoms with van der Waals surface area (Å²) in [5.41, 5.74) is 10.2. The van der Waals surface area contributed by atoms with Crippen LogP contribution < -0.4 is 0 Å². The van der Waals surface area contributed by atoms with Gasteiger partial charge < -0.3 is 0 Å². The van der Waals surface area contributed by atoms with E-state index in [1.807, 2.05) is 11.8 Å². The van der Waals surface area contributed by atoms with E-state index < -0.39 is 5.41 Å². The molecule has 11 aromatic carbocycles. The van der Waals surface area contributed by atoms with Crippen molar-refractivity contribution in [3.8, 4) is 22.3 Å². The Balaban J connectivity index is 1.13. The normalized spacial score (nSPS) is 13.2. The minimum atomic E-state index is -0.407. The predicted molar refractivity (Wildman–Crippen MR) is 256 cm³/mol. The lowest BCUT2D eigenvalue weighted by Gasteiger charge is -2.44. The van der Waals surface area contributed by atoms with E-state index in [9.17, 15) is 0 Å². The van der Waals surface area contributed by atoms with Crippen LogP contribution >= 0.6 is 11.8 Å². The van der Waals surface area contributed by atoms with Gasteiger partial charge in [-0.25, -0.2) is 0 Å². The van der Waals surface area contributed by atoms with Gasteiger partial charge in [-0.3, -0.25) is 0 Å². The van der Waals surface area contributed by atoms with E-state index in [1.54, 1.807) is 0 Å². The van der Waals surface area contributed by atoms with Crippen LogP contribution in [0.1, 0.15) is 22.3 Å². The van der Waals surface area contributed by atoms with Gasteiger partial charge in [-0.2, -0.15) is 0 Å². The smallest absolute Gasteiger partial charge is 0.0318 e. The molecule has 0 saturated carbocycles. The fraction of sp³-hybridized carbons (Fsp3) is 0.0508.